The van der Waals surface area contributed by atoms with Crippen LogP contribution >= 0.6 is 11.6 Å². The van der Waals surface area contributed by atoms with Crippen LogP contribution in [-0.2, 0) is 4.79 Å². The molecule has 20 heavy (non-hydrogen) atoms. The Labute approximate surface area is 115 Å². The molecule has 0 bridgehead atoms. The first-order valence-corrected chi connectivity index (χ1v) is 5.45. The van der Waals surface area contributed by atoms with Crippen LogP contribution in [0.15, 0.2) is 18.2 Å². The van der Waals surface area contributed by atoms with Crippen molar-refractivity contribution in [3.8, 4) is 0 Å². The minimum absolute atomic E-state index is 0.278. The highest BCUT2D eigenvalue weighted by Crippen LogP contribution is 2.31. The summed E-state index contributed by atoms with van der Waals surface area (Å²) in [6.07, 6.45) is -5.24. The SMILES string of the molecule is CC(NC(=O)c1cccc(F)c1Cl)(C(=O)O)C(F)(F)F. The van der Waals surface area contributed by atoms with Crippen LogP contribution in [-0.4, -0.2) is 28.7 Å². The van der Waals surface area contributed by atoms with Gasteiger partial charge in [0.15, 0.2) is 0 Å². The number of alkyl halides is 3. The van der Waals surface area contributed by atoms with Crippen molar-refractivity contribution >= 4 is 23.5 Å². The third kappa shape index (κ3) is 2.84. The smallest absolute Gasteiger partial charge is 0.422 e. The van der Waals surface area contributed by atoms with Gasteiger partial charge in [0, 0.05) is 0 Å². The second-order valence-electron chi connectivity index (χ2n) is 3.98. The van der Waals surface area contributed by atoms with Gasteiger partial charge in [-0.25, -0.2) is 9.18 Å². The lowest BCUT2D eigenvalue weighted by Crippen LogP contribution is -2.61. The summed E-state index contributed by atoms with van der Waals surface area (Å²) in [4.78, 5) is 22.4. The molecule has 1 rings (SSSR count). The highest BCUT2D eigenvalue weighted by Gasteiger charge is 2.58. The van der Waals surface area contributed by atoms with Crippen molar-refractivity contribution in [2.75, 3.05) is 0 Å². The zero-order valence-corrected chi connectivity index (χ0v) is 10.6. The third-order valence-electron chi connectivity index (χ3n) is 2.55. The second kappa shape index (κ2) is 5.28. The lowest BCUT2D eigenvalue weighted by Gasteiger charge is -2.28. The predicted molar refractivity (Wildman–Crippen MR) is 61.0 cm³/mol. The van der Waals surface area contributed by atoms with Crippen LogP contribution in [0, 0.1) is 5.82 Å². The summed E-state index contributed by atoms with van der Waals surface area (Å²) >= 11 is 5.45. The first kappa shape index (κ1) is 16.2. The molecule has 0 spiro atoms. The molecule has 0 aliphatic carbocycles. The number of rotatable bonds is 3. The zero-order chi connectivity index (χ0) is 15.7. The fourth-order valence-corrected chi connectivity index (χ4v) is 1.43. The van der Waals surface area contributed by atoms with E-state index in [0.29, 0.717) is 0 Å². The quantitative estimate of drug-likeness (QED) is 0.843. The van der Waals surface area contributed by atoms with Gasteiger partial charge in [0.1, 0.15) is 5.82 Å². The summed E-state index contributed by atoms with van der Waals surface area (Å²) in [6.45, 7) is 0.278. The lowest BCUT2D eigenvalue weighted by atomic mass is 10.0. The molecule has 0 saturated carbocycles. The number of carbonyl (C=O) groups excluding carboxylic acids is 1. The van der Waals surface area contributed by atoms with E-state index in [2.05, 4.69) is 0 Å². The molecular formula is C11H8ClF4NO3. The topological polar surface area (TPSA) is 66.4 Å². The number of amides is 1. The summed E-state index contributed by atoms with van der Waals surface area (Å²) in [6, 6.07) is 2.93. The number of benzene rings is 1. The Bertz CT molecular complexity index is 561. The van der Waals surface area contributed by atoms with E-state index in [9.17, 15) is 27.2 Å². The Balaban J connectivity index is 3.17. The van der Waals surface area contributed by atoms with Crippen LogP contribution < -0.4 is 5.32 Å². The van der Waals surface area contributed by atoms with E-state index < -0.39 is 40.0 Å². The maximum absolute atomic E-state index is 13.1. The number of carboxylic acids is 1. The van der Waals surface area contributed by atoms with E-state index >= 15 is 0 Å². The molecule has 0 heterocycles. The van der Waals surface area contributed by atoms with Gasteiger partial charge < -0.3 is 10.4 Å². The van der Waals surface area contributed by atoms with Crippen molar-refractivity contribution < 1.29 is 32.3 Å². The normalized spacial score (nSPS) is 14.5. The highest BCUT2D eigenvalue weighted by atomic mass is 35.5. The molecule has 0 aliphatic rings. The van der Waals surface area contributed by atoms with Gasteiger partial charge in [0.2, 0.25) is 5.54 Å². The van der Waals surface area contributed by atoms with Crippen LogP contribution in [0.4, 0.5) is 17.6 Å². The van der Waals surface area contributed by atoms with Crippen molar-refractivity contribution in [1.82, 2.24) is 5.32 Å². The van der Waals surface area contributed by atoms with Gasteiger partial charge in [-0.3, -0.25) is 4.79 Å². The van der Waals surface area contributed by atoms with E-state index in [1.165, 1.54) is 5.32 Å². The average molecular weight is 314 g/mol. The summed E-state index contributed by atoms with van der Waals surface area (Å²) in [5.41, 5.74) is -4.11. The second-order valence-corrected chi connectivity index (χ2v) is 4.36. The van der Waals surface area contributed by atoms with Gasteiger partial charge in [0.05, 0.1) is 10.6 Å². The minimum atomic E-state index is -5.24. The molecule has 0 radical (unpaired) electrons. The number of carboxylic acid groups (broad SMARTS) is 1. The highest BCUT2D eigenvalue weighted by molar-refractivity contribution is 6.34. The minimum Gasteiger partial charge on any atom is -0.479 e. The molecule has 1 amide bonds. The molecule has 0 saturated heterocycles. The average Bonchev–Trinajstić information content (AvgIpc) is 2.30. The Kier molecular flexibility index (Phi) is 4.28. The summed E-state index contributed by atoms with van der Waals surface area (Å²) in [5.74, 6) is -4.76. The number of hydrogen-bond acceptors (Lipinski definition) is 2. The van der Waals surface area contributed by atoms with Gasteiger partial charge >= 0.3 is 12.1 Å². The largest absolute Gasteiger partial charge is 0.479 e. The molecule has 0 aromatic heterocycles. The predicted octanol–water partition coefficient (Wildman–Crippen LogP) is 2.61. The molecule has 9 heteroatoms. The molecule has 1 aromatic rings. The molecule has 1 unspecified atom stereocenters. The van der Waals surface area contributed by atoms with Crippen LogP contribution in [0.25, 0.3) is 0 Å². The zero-order valence-electron chi connectivity index (χ0n) is 9.89. The molecule has 4 nitrogen and oxygen atoms in total. The molecule has 0 fully saturated rings. The number of aliphatic carboxylic acids is 1. The van der Waals surface area contributed by atoms with E-state index in [1.54, 1.807) is 0 Å². The fraction of sp³-hybridized carbons (Fsp3) is 0.273. The number of nitrogens with one attached hydrogen (secondary N) is 1. The fourth-order valence-electron chi connectivity index (χ4n) is 1.22. The maximum atomic E-state index is 13.1. The Morgan fingerprint density at radius 2 is 1.85 bits per heavy atom. The van der Waals surface area contributed by atoms with Crippen LogP contribution in [0.2, 0.25) is 5.02 Å². The first-order valence-electron chi connectivity index (χ1n) is 5.07. The van der Waals surface area contributed by atoms with Crippen molar-refractivity contribution in [3.63, 3.8) is 0 Å². The number of hydrogen-bond donors (Lipinski definition) is 2. The van der Waals surface area contributed by atoms with E-state index in [1.807, 2.05) is 0 Å². The van der Waals surface area contributed by atoms with Crippen LogP contribution in [0.3, 0.4) is 0 Å². The summed E-state index contributed by atoms with van der Waals surface area (Å²) in [5, 5.41) is 9.25. The Hall–Kier alpha value is -1.83. The summed E-state index contributed by atoms with van der Waals surface area (Å²) < 4.78 is 51.2. The summed E-state index contributed by atoms with van der Waals surface area (Å²) in [7, 11) is 0. The lowest BCUT2D eigenvalue weighted by molar-refractivity contribution is -0.203. The molecule has 110 valence electrons. The molecule has 1 atom stereocenters. The molecule has 1 aromatic carbocycles. The standard InChI is InChI=1S/C11H8ClF4NO3/c1-10(9(19)20,11(14,15)16)17-8(18)5-3-2-4-6(13)7(5)12/h2-4H,1H3,(H,17,18)(H,19,20). The molecule has 0 aliphatic heterocycles. The monoisotopic (exact) mass is 313 g/mol. The van der Waals surface area contributed by atoms with E-state index in [-0.39, 0.29) is 6.92 Å². The van der Waals surface area contributed by atoms with E-state index in [4.69, 9.17) is 16.7 Å². The van der Waals surface area contributed by atoms with Gasteiger partial charge in [-0.15, -0.1) is 0 Å². The van der Waals surface area contributed by atoms with Gasteiger partial charge in [-0.1, -0.05) is 17.7 Å². The van der Waals surface area contributed by atoms with E-state index in [0.717, 1.165) is 18.2 Å². The van der Waals surface area contributed by atoms with Gasteiger partial charge in [-0.05, 0) is 19.1 Å². The molecular weight excluding hydrogens is 306 g/mol. The van der Waals surface area contributed by atoms with Crippen molar-refractivity contribution in [3.05, 3.63) is 34.6 Å². The van der Waals surface area contributed by atoms with Crippen molar-refractivity contribution in [2.24, 2.45) is 0 Å². The van der Waals surface area contributed by atoms with Gasteiger partial charge in [0.25, 0.3) is 5.91 Å². The maximum Gasteiger partial charge on any atom is 0.422 e. The van der Waals surface area contributed by atoms with Gasteiger partial charge in [-0.2, -0.15) is 13.2 Å². The van der Waals surface area contributed by atoms with Crippen LogP contribution in [0.1, 0.15) is 17.3 Å². The van der Waals surface area contributed by atoms with Crippen molar-refractivity contribution in [2.45, 2.75) is 18.6 Å². The van der Waals surface area contributed by atoms with Crippen molar-refractivity contribution in [1.29, 1.82) is 0 Å². The Morgan fingerprint density at radius 3 is 2.30 bits per heavy atom. The Morgan fingerprint density at radius 1 is 1.30 bits per heavy atom. The number of carbonyl (C=O) groups is 2. The molecule has 2 N–H and O–H groups in total. The number of halogens is 5. The van der Waals surface area contributed by atoms with Crippen LogP contribution in [0.5, 0.6) is 0 Å². The third-order valence-corrected chi connectivity index (χ3v) is 2.94. The first-order chi connectivity index (χ1) is 9.00.